The lowest BCUT2D eigenvalue weighted by Gasteiger charge is -2.27. The van der Waals surface area contributed by atoms with Gasteiger partial charge in [-0.15, -0.1) is 0 Å². The minimum atomic E-state index is -1.84. The first-order valence-electron chi connectivity index (χ1n) is 6.96. The summed E-state index contributed by atoms with van der Waals surface area (Å²) in [6.45, 7) is 10.6. The zero-order valence-corrected chi connectivity index (χ0v) is 12.7. The van der Waals surface area contributed by atoms with Crippen LogP contribution < -0.4 is 0 Å². The maximum atomic E-state index is 6.04. The van der Waals surface area contributed by atoms with Crippen LogP contribution in [0.3, 0.4) is 0 Å². The van der Waals surface area contributed by atoms with Gasteiger partial charge in [0.15, 0.2) is 0 Å². The van der Waals surface area contributed by atoms with Gasteiger partial charge in [0, 0.05) is 13.2 Å². The Hall–Kier alpha value is 0.137. The predicted molar refractivity (Wildman–Crippen MR) is 73.1 cm³/mol. The molecule has 0 aliphatic carbocycles. The summed E-state index contributed by atoms with van der Waals surface area (Å²) >= 11 is 0. The van der Waals surface area contributed by atoms with Gasteiger partial charge in [-0.05, 0) is 25.4 Å². The van der Waals surface area contributed by atoms with Gasteiger partial charge in [-0.2, -0.15) is 0 Å². The molecule has 0 N–H and O–H groups in total. The van der Waals surface area contributed by atoms with Crippen molar-refractivity contribution in [2.24, 2.45) is 0 Å². The molecule has 0 radical (unpaired) electrons. The van der Waals surface area contributed by atoms with E-state index in [4.69, 9.17) is 8.85 Å². The first-order valence-corrected chi connectivity index (χ1v) is 9.48. The third-order valence-electron chi connectivity index (χ3n) is 2.80. The van der Waals surface area contributed by atoms with Crippen molar-refractivity contribution in [3.63, 3.8) is 0 Å². The summed E-state index contributed by atoms with van der Waals surface area (Å²) in [6.07, 6.45) is 7.19. The highest BCUT2D eigenvalue weighted by molar-refractivity contribution is 6.66. The van der Waals surface area contributed by atoms with Crippen molar-refractivity contribution in [3.8, 4) is 0 Å². The molecule has 0 bridgehead atoms. The molecule has 0 fully saturated rings. The van der Waals surface area contributed by atoms with Gasteiger partial charge in [-0.25, -0.2) is 0 Å². The lowest BCUT2D eigenvalue weighted by atomic mass is 10.4. The fourth-order valence-corrected chi connectivity index (χ4v) is 4.07. The first kappa shape index (κ1) is 16.1. The zero-order chi connectivity index (χ0) is 12.3. The normalized spacial score (nSPS) is 12.0. The van der Waals surface area contributed by atoms with Gasteiger partial charge in [0.05, 0.1) is 0 Å². The second kappa shape index (κ2) is 10.3. The Labute approximate surface area is 103 Å². The topological polar surface area (TPSA) is 18.5 Å². The Morgan fingerprint density at radius 1 is 0.750 bits per heavy atom. The van der Waals surface area contributed by atoms with Crippen LogP contribution in [-0.4, -0.2) is 21.8 Å². The summed E-state index contributed by atoms with van der Waals surface area (Å²) in [5.74, 6) is 0. The smallest absolute Gasteiger partial charge is 0.334 e. The number of hydrogen-bond donors (Lipinski definition) is 0. The van der Waals surface area contributed by atoms with Crippen LogP contribution in [0.25, 0.3) is 0 Å². The van der Waals surface area contributed by atoms with Gasteiger partial charge in [0.2, 0.25) is 0 Å². The minimum absolute atomic E-state index is 0.884. The minimum Gasteiger partial charge on any atom is -0.394 e. The number of unbranched alkanes of at least 4 members (excludes halogenated alkanes) is 3. The van der Waals surface area contributed by atoms with Crippen LogP contribution in [0.5, 0.6) is 0 Å². The van der Waals surface area contributed by atoms with Gasteiger partial charge in [0.25, 0.3) is 0 Å². The number of hydrogen-bond acceptors (Lipinski definition) is 2. The SMILES string of the molecule is CCCCO[Si](C)(CCCC)OCCCC. The summed E-state index contributed by atoms with van der Waals surface area (Å²) in [4.78, 5) is 0. The maximum absolute atomic E-state index is 6.04. The van der Waals surface area contributed by atoms with E-state index in [0.717, 1.165) is 32.1 Å². The largest absolute Gasteiger partial charge is 0.394 e. The molecule has 0 amide bonds. The molecule has 2 nitrogen and oxygen atoms in total. The second-order valence-electron chi connectivity index (χ2n) is 4.64. The van der Waals surface area contributed by atoms with E-state index < -0.39 is 8.56 Å². The van der Waals surface area contributed by atoms with Crippen molar-refractivity contribution in [1.82, 2.24) is 0 Å². The highest BCUT2D eigenvalue weighted by atomic mass is 28.4. The molecule has 0 spiro atoms. The molecule has 0 rings (SSSR count). The molecular weight excluding hydrogens is 216 g/mol. The van der Waals surface area contributed by atoms with Crippen LogP contribution >= 0.6 is 0 Å². The Kier molecular flexibility index (Phi) is 10.4. The molecule has 98 valence electrons. The van der Waals surface area contributed by atoms with Crippen LogP contribution in [0.2, 0.25) is 12.6 Å². The number of rotatable bonds is 11. The lowest BCUT2D eigenvalue weighted by Crippen LogP contribution is -2.39. The molecule has 3 heteroatoms. The summed E-state index contributed by atoms with van der Waals surface area (Å²) in [5.41, 5.74) is 0. The molecule has 16 heavy (non-hydrogen) atoms. The molecule has 0 aromatic rings. The van der Waals surface area contributed by atoms with Crippen LogP contribution in [0.1, 0.15) is 59.3 Å². The third kappa shape index (κ3) is 8.31. The van der Waals surface area contributed by atoms with Crippen LogP contribution in [0.15, 0.2) is 0 Å². The van der Waals surface area contributed by atoms with E-state index in [9.17, 15) is 0 Å². The molecule has 0 aromatic carbocycles. The lowest BCUT2D eigenvalue weighted by molar-refractivity contribution is 0.168. The zero-order valence-electron chi connectivity index (χ0n) is 11.7. The molecule has 0 aliphatic rings. The Bertz CT molecular complexity index is 141. The van der Waals surface area contributed by atoms with Gasteiger partial charge in [-0.3, -0.25) is 0 Å². The van der Waals surface area contributed by atoms with E-state index in [2.05, 4.69) is 27.3 Å². The first-order chi connectivity index (χ1) is 7.68. The van der Waals surface area contributed by atoms with Crippen molar-refractivity contribution in [2.45, 2.75) is 71.9 Å². The van der Waals surface area contributed by atoms with Crippen LogP contribution in [-0.2, 0) is 8.85 Å². The molecule has 0 aromatic heterocycles. The molecule has 0 aliphatic heterocycles. The molecule has 0 saturated heterocycles. The standard InChI is InChI=1S/C13H30O2Si/c1-5-8-11-14-16(4,13-10-7-3)15-12-9-6-2/h5-13H2,1-4H3. The van der Waals surface area contributed by atoms with Crippen molar-refractivity contribution >= 4 is 8.56 Å². The fraction of sp³-hybridized carbons (Fsp3) is 1.00. The van der Waals surface area contributed by atoms with Crippen molar-refractivity contribution in [3.05, 3.63) is 0 Å². The van der Waals surface area contributed by atoms with E-state index in [1.807, 2.05) is 0 Å². The highest BCUT2D eigenvalue weighted by Crippen LogP contribution is 2.18. The summed E-state index contributed by atoms with van der Waals surface area (Å²) in [7, 11) is -1.84. The van der Waals surface area contributed by atoms with E-state index in [-0.39, 0.29) is 0 Å². The highest BCUT2D eigenvalue weighted by Gasteiger charge is 2.30. The van der Waals surface area contributed by atoms with Crippen molar-refractivity contribution < 1.29 is 8.85 Å². The van der Waals surface area contributed by atoms with Gasteiger partial charge >= 0.3 is 8.56 Å². The van der Waals surface area contributed by atoms with Gasteiger partial charge in [-0.1, -0.05) is 46.5 Å². The van der Waals surface area contributed by atoms with Crippen LogP contribution in [0, 0.1) is 0 Å². The van der Waals surface area contributed by atoms with E-state index in [1.165, 1.54) is 25.7 Å². The monoisotopic (exact) mass is 246 g/mol. The maximum Gasteiger partial charge on any atom is 0.334 e. The molecular formula is C13H30O2Si. The van der Waals surface area contributed by atoms with Crippen molar-refractivity contribution in [2.75, 3.05) is 13.2 Å². The van der Waals surface area contributed by atoms with Gasteiger partial charge in [0.1, 0.15) is 0 Å². The summed E-state index contributed by atoms with van der Waals surface area (Å²) in [6, 6.07) is 1.15. The molecule has 0 heterocycles. The van der Waals surface area contributed by atoms with E-state index in [1.54, 1.807) is 0 Å². The van der Waals surface area contributed by atoms with Crippen molar-refractivity contribution in [1.29, 1.82) is 0 Å². The average molecular weight is 246 g/mol. The average Bonchev–Trinajstić information content (AvgIpc) is 2.27. The molecule has 0 unspecified atom stereocenters. The molecule has 0 saturated carbocycles. The second-order valence-corrected chi connectivity index (χ2v) is 7.99. The van der Waals surface area contributed by atoms with E-state index in [0.29, 0.717) is 0 Å². The quantitative estimate of drug-likeness (QED) is 0.395. The summed E-state index contributed by atoms with van der Waals surface area (Å²) in [5, 5.41) is 0. The Morgan fingerprint density at radius 2 is 1.19 bits per heavy atom. The third-order valence-corrected chi connectivity index (χ3v) is 5.69. The Balaban J connectivity index is 3.91. The fourth-order valence-electron chi connectivity index (χ4n) is 1.55. The molecule has 0 atom stereocenters. The van der Waals surface area contributed by atoms with Crippen LogP contribution in [0.4, 0.5) is 0 Å². The van der Waals surface area contributed by atoms with Gasteiger partial charge < -0.3 is 8.85 Å². The van der Waals surface area contributed by atoms with E-state index >= 15 is 0 Å². The Morgan fingerprint density at radius 3 is 1.56 bits per heavy atom. The summed E-state index contributed by atoms with van der Waals surface area (Å²) < 4.78 is 12.1. The predicted octanol–water partition coefficient (Wildman–Crippen LogP) is 4.49.